The van der Waals surface area contributed by atoms with Crippen molar-refractivity contribution in [2.75, 3.05) is 20.3 Å². The summed E-state index contributed by atoms with van der Waals surface area (Å²) in [4.78, 5) is 0. The number of aliphatic hydroxyl groups excluding tert-OH is 1. The van der Waals surface area contributed by atoms with Crippen LogP contribution in [0.4, 0.5) is 0 Å². The highest BCUT2D eigenvalue weighted by Crippen LogP contribution is 2.16. The van der Waals surface area contributed by atoms with Crippen LogP contribution in [0.1, 0.15) is 23.7 Å². The molecule has 0 amide bonds. The highest BCUT2D eigenvalue weighted by atomic mass is 16.5. The van der Waals surface area contributed by atoms with Crippen LogP contribution in [0, 0.1) is 11.8 Å². The molecule has 0 bridgehead atoms. The zero-order valence-electron chi connectivity index (χ0n) is 9.44. The molecule has 0 saturated carbocycles. The number of ether oxygens (including phenoxy) is 1. The number of hydrogen-bond donors (Lipinski definition) is 2. The first-order valence-electron chi connectivity index (χ1n) is 5.24. The average Bonchev–Trinajstić information content (AvgIpc) is 2.30. The quantitative estimate of drug-likeness (QED) is 0.745. The van der Waals surface area contributed by atoms with Crippen LogP contribution in [-0.2, 0) is 4.74 Å². The summed E-state index contributed by atoms with van der Waals surface area (Å²) in [5.74, 6) is 5.84. The Morgan fingerprint density at radius 1 is 1.50 bits per heavy atom. The van der Waals surface area contributed by atoms with Crippen molar-refractivity contribution < 1.29 is 9.84 Å². The van der Waals surface area contributed by atoms with Crippen molar-refractivity contribution >= 4 is 0 Å². The number of methoxy groups -OCH3 is 1. The van der Waals surface area contributed by atoms with Crippen LogP contribution in [0.2, 0.25) is 0 Å². The summed E-state index contributed by atoms with van der Waals surface area (Å²) >= 11 is 0. The minimum absolute atomic E-state index is 0.412. The van der Waals surface area contributed by atoms with Crippen molar-refractivity contribution in [3.8, 4) is 11.8 Å². The van der Waals surface area contributed by atoms with Crippen molar-refractivity contribution in [2.24, 2.45) is 5.73 Å². The third-order valence-corrected chi connectivity index (χ3v) is 2.16. The van der Waals surface area contributed by atoms with Crippen molar-refractivity contribution in [1.29, 1.82) is 0 Å². The first-order valence-corrected chi connectivity index (χ1v) is 5.24. The second-order valence-electron chi connectivity index (χ2n) is 3.45. The van der Waals surface area contributed by atoms with Gasteiger partial charge >= 0.3 is 0 Å². The summed E-state index contributed by atoms with van der Waals surface area (Å²) < 4.78 is 4.84. The van der Waals surface area contributed by atoms with Crippen LogP contribution in [0.3, 0.4) is 0 Å². The van der Waals surface area contributed by atoms with E-state index in [2.05, 4.69) is 11.8 Å². The molecule has 1 unspecified atom stereocenters. The summed E-state index contributed by atoms with van der Waals surface area (Å²) in [6.07, 6.45) is 0.0590. The minimum Gasteiger partial charge on any atom is -0.388 e. The highest BCUT2D eigenvalue weighted by Gasteiger charge is 2.05. The van der Waals surface area contributed by atoms with Gasteiger partial charge in [0, 0.05) is 12.7 Å². The van der Waals surface area contributed by atoms with Crippen LogP contribution < -0.4 is 5.73 Å². The Morgan fingerprint density at radius 2 is 2.31 bits per heavy atom. The van der Waals surface area contributed by atoms with Crippen LogP contribution in [-0.4, -0.2) is 25.4 Å². The molecule has 0 aliphatic heterocycles. The summed E-state index contributed by atoms with van der Waals surface area (Å²) in [5, 5.41) is 9.76. The molecule has 0 aromatic heterocycles. The number of nitrogens with two attached hydrogens (primary N) is 1. The van der Waals surface area contributed by atoms with E-state index in [9.17, 15) is 5.11 Å². The van der Waals surface area contributed by atoms with E-state index in [1.807, 2.05) is 24.3 Å². The van der Waals surface area contributed by atoms with Gasteiger partial charge in [0.15, 0.2) is 0 Å². The van der Waals surface area contributed by atoms with Crippen LogP contribution in [0.25, 0.3) is 0 Å². The fraction of sp³-hybridized carbons (Fsp3) is 0.385. The zero-order chi connectivity index (χ0) is 11.8. The second-order valence-corrected chi connectivity index (χ2v) is 3.45. The van der Waals surface area contributed by atoms with Crippen molar-refractivity contribution in [3.63, 3.8) is 0 Å². The van der Waals surface area contributed by atoms with E-state index in [1.165, 1.54) is 0 Å². The fourth-order valence-corrected chi connectivity index (χ4v) is 1.36. The van der Waals surface area contributed by atoms with E-state index in [1.54, 1.807) is 7.11 Å². The Labute approximate surface area is 96.2 Å². The van der Waals surface area contributed by atoms with Gasteiger partial charge < -0.3 is 15.6 Å². The number of rotatable bonds is 4. The Bertz CT molecular complexity index is 379. The molecule has 1 aromatic rings. The summed E-state index contributed by atoms with van der Waals surface area (Å²) in [5.41, 5.74) is 7.13. The normalized spacial score (nSPS) is 11.7. The first-order chi connectivity index (χ1) is 7.77. The molecular weight excluding hydrogens is 202 g/mol. The number of aliphatic hydroxyl groups is 1. The van der Waals surface area contributed by atoms with Crippen molar-refractivity contribution in [1.82, 2.24) is 0 Å². The van der Waals surface area contributed by atoms with Crippen LogP contribution in [0.15, 0.2) is 24.3 Å². The smallest absolute Gasteiger partial charge is 0.107 e. The maximum absolute atomic E-state index is 9.76. The predicted molar refractivity (Wildman–Crippen MR) is 63.8 cm³/mol. The first kappa shape index (κ1) is 12.7. The molecule has 0 saturated heterocycles. The lowest BCUT2D eigenvalue weighted by Crippen LogP contribution is -2.06. The lowest BCUT2D eigenvalue weighted by molar-refractivity contribution is 0.170. The van der Waals surface area contributed by atoms with Gasteiger partial charge in [0.25, 0.3) is 0 Å². The summed E-state index contributed by atoms with van der Waals surface area (Å²) in [7, 11) is 1.61. The zero-order valence-corrected chi connectivity index (χ0v) is 9.44. The summed E-state index contributed by atoms with van der Waals surface area (Å²) in [6, 6.07) is 7.54. The van der Waals surface area contributed by atoms with Gasteiger partial charge in [-0.25, -0.2) is 0 Å². The maximum Gasteiger partial charge on any atom is 0.107 e. The number of hydrogen-bond acceptors (Lipinski definition) is 3. The SMILES string of the molecule is COCC#Cc1cccc(C(O)CCN)c1. The Hall–Kier alpha value is -1.34. The molecule has 16 heavy (non-hydrogen) atoms. The summed E-state index contributed by atoms with van der Waals surface area (Å²) in [6.45, 7) is 0.885. The third-order valence-electron chi connectivity index (χ3n) is 2.16. The van der Waals surface area contributed by atoms with Gasteiger partial charge in [-0.05, 0) is 30.7 Å². The van der Waals surface area contributed by atoms with E-state index in [-0.39, 0.29) is 0 Å². The Kier molecular flexibility index (Phi) is 5.58. The fourth-order valence-electron chi connectivity index (χ4n) is 1.36. The molecule has 3 heteroatoms. The molecule has 0 spiro atoms. The lowest BCUT2D eigenvalue weighted by atomic mass is 10.0. The molecule has 0 aliphatic rings. The van der Waals surface area contributed by atoms with Gasteiger partial charge in [0.1, 0.15) is 6.61 Å². The van der Waals surface area contributed by atoms with E-state index in [0.717, 1.165) is 11.1 Å². The second kappa shape index (κ2) is 7.02. The van der Waals surface area contributed by atoms with Crippen LogP contribution >= 0.6 is 0 Å². The minimum atomic E-state index is -0.505. The molecule has 1 atom stereocenters. The molecule has 1 rings (SSSR count). The Morgan fingerprint density at radius 3 is 3.00 bits per heavy atom. The van der Waals surface area contributed by atoms with Gasteiger partial charge in [-0.1, -0.05) is 24.0 Å². The van der Waals surface area contributed by atoms with Crippen molar-refractivity contribution in [2.45, 2.75) is 12.5 Å². The topological polar surface area (TPSA) is 55.5 Å². The van der Waals surface area contributed by atoms with Gasteiger partial charge in [0.05, 0.1) is 6.10 Å². The average molecular weight is 219 g/mol. The molecule has 0 heterocycles. The molecule has 86 valence electrons. The predicted octanol–water partition coefficient (Wildman–Crippen LogP) is 1.07. The highest BCUT2D eigenvalue weighted by molar-refractivity contribution is 5.37. The number of benzene rings is 1. The monoisotopic (exact) mass is 219 g/mol. The van der Waals surface area contributed by atoms with Gasteiger partial charge in [-0.2, -0.15) is 0 Å². The molecular formula is C13H17NO2. The third kappa shape index (κ3) is 4.03. The lowest BCUT2D eigenvalue weighted by Gasteiger charge is -2.09. The maximum atomic E-state index is 9.76. The van der Waals surface area contributed by atoms with E-state index < -0.39 is 6.10 Å². The van der Waals surface area contributed by atoms with E-state index in [0.29, 0.717) is 19.6 Å². The van der Waals surface area contributed by atoms with E-state index in [4.69, 9.17) is 10.5 Å². The van der Waals surface area contributed by atoms with Crippen LogP contribution in [0.5, 0.6) is 0 Å². The molecule has 1 aromatic carbocycles. The molecule has 0 radical (unpaired) electrons. The van der Waals surface area contributed by atoms with Gasteiger partial charge in [0.2, 0.25) is 0 Å². The standard InChI is InChI=1S/C13H17NO2/c1-16-9-3-5-11-4-2-6-12(10-11)13(15)7-8-14/h2,4,6,10,13,15H,7-9,14H2,1H3. The molecule has 0 fully saturated rings. The largest absolute Gasteiger partial charge is 0.388 e. The van der Waals surface area contributed by atoms with Crippen molar-refractivity contribution in [3.05, 3.63) is 35.4 Å². The molecule has 3 nitrogen and oxygen atoms in total. The van der Waals surface area contributed by atoms with Gasteiger partial charge in [-0.3, -0.25) is 0 Å². The molecule has 3 N–H and O–H groups in total. The Balaban J connectivity index is 2.75. The molecule has 0 aliphatic carbocycles. The van der Waals surface area contributed by atoms with Gasteiger partial charge in [-0.15, -0.1) is 0 Å². The van der Waals surface area contributed by atoms with E-state index >= 15 is 0 Å².